The molecule has 4 nitrogen and oxygen atoms in total. The first kappa shape index (κ1) is 17.0. The zero-order valence-electron chi connectivity index (χ0n) is 15.0. The van der Waals surface area contributed by atoms with Gasteiger partial charge in [-0.3, -0.25) is 4.90 Å². The molecule has 4 heteroatoms. The summed E-state index contributed by atoms with van der Waals surface area (Å²) in [7, 11) is 0. The van der Waals surface area contributed by atoms with Crippen molar-refractivity contribution in [1.29, 1.82) is 0 Å². The molecule has 1 atom stereocenters. The van der Waals surface area contributed by atoms with Gasteiger partial charge in [0.05, 0.1) is 12.1 Å². The minimum absolute atomic E-state index is 0.209. The van der Waals surface area contributed by atoms with Crippen LogP contribution < -0.4 is 4.74 Å². The average Bonchev–Trinajstić information content (AvgIpc) is 2.84. The Kier molecular flexibility index (Phi) is 5.56. The van der Waals surface area contributed by atoms with Gasteiger partial charge in [0.15, 0.2) is 0 Å². The van der Waals surface area contributed by atoms with E-state index in [1.165, 1.54) is 24.8 Å². The fourth-order valence-electron chi connectivity index (χ4n) is 3.41. The largest absolute Gasteiger partial charge is 0.491 e. The van der Waals surface area contributed by atoms with E-state index in [4.69, 9.17) is 9.26 Å². The summed E-state index contributed by atoms with van der Waals surface area (Å²) in [4.78, 5) is 2.54. The second-order valence-electron chi connectivity index (χ2n) is 7.01. The fraction of sp³-hybridized carbons (Fsp3) is 0.550. The van der Waals surface area contributed by atoms with Crippen LogP contribution in [0, 0.1) is 6.92 Å². The Balaban J connectivity index is 1.72. The Morgan fingerprint density at radius 3 is 2.67 bits per heavy atom. The van der Waals surface area contributed by atoms with Crippen molar-refractivity contribution in [2.24, 2.45) is 0 Å². The molecule has 0 spiro atoms. The second kappa shape index (κ2) is 7.84. The lowest BCUT2D eigenvalue weighted by Crippen LogP contribution is -2.28. The standard InChI is InChI=1S/C20H28N2O2/c1-15(2)23-18-10-8-17(9-11-18)14-22-12-6-4-5-7-20(22)19-13-16(3)24-21-19/h8-11,13,15,20H,4-7,12,14H2,1-3H3. The Bertz CT molecular complexity index is 633. The van der Waals surface area contributed by atoms with Gasteiger partial charge in [0.2, 0.25) is 0 Å². The maximum absolute atomic E-state index is 5.74. The molecule has 0 bridgehead atoms. The molecule has 1 saturated heterocycles. The van der Waals surface area contributed by atoms with Crippen LogP contribution in [-0.2, 0) is 6.54 Å². The van der Waals surface area contributed by atoms with Crippen LogP contribution in [0.3, 0.4) is 0 Å². The molecular weight excluding hydrogens is 300 g/mol. The molecule has 3 rings (SSSR count). The number of rotatable bonds is 5. The van der Waals surface area contributed by atoms with Crippen molar-refractivity contribution in [3.8, 4) is 5.75 Å². The summed E-state index contributed by atoms with van der Waals surface area (Å²) in [6.45, 7) is 8.12. The van der Waals surface area contributed by atoms with Gasteiger partial charge in [0.25, 0.3) is 0 Å². The molecule has 130 valence electrons. The van der Waals surface area contributed by atoms with Crippen LogP contribution in [0.5, 0.6) is 5.75 Å². The van der Waals surface area contributed by atoms with Gasteiger partial charge in [-0.2, -0.15) is 0 Å². The average molecular weight is 328 g/mol. The second-order valence-corrected chi connectivity index (χ2v) is 7.01. The normalized spacial score (nSPS) is 19.4. The van der Waals surface area contributed by atoms with Crippen LogP contribution in [-0.4, -0.2) is 22.7 Å². The summed E-state index contributed by atoms with van der Waals surface area (Å²) in [5, 5.41) is 4.28. The molecule has 0 saturated carbocycles. The molecule has 1 aliphatic heterocycles. The van der Waals surface area contributed by atoms with Gasteiger partial charge >= 0.3 is 0 Å². The van der Waals surface area contributed by atoms with Crippen LogP contribution in [0.4, 0.5) is 0 Å². The van der Waals surface area contributed by atoms with Gasteiger partial charge in [-0.15, -0.1) is 0 Å². The lowest BCUT2D eigenvalue weighted by molar-refractivity contribution is 0.183. The number of hydrogen-bond acceptors (Lipinski definition) is 4. The summed E-state index contributed by atoms with van der Waals surface area (Å²) in [5.74, 6) is 1.83. The van der Waals surface area contributed by atoms with Gasteiger partial charge in [0, 0.05) is 12.6 Å². The highest BCUT2D eigenvalue weighted by atomic mass is 16.5. The zero-order valence-corrected chi connectivity index (χ0v) is 15.0. The van der Waals surface area contributed by atoms with Gasteiger partial charge in [-0.1, -0.05) is 30.1 Å². The molecule has 0 N–H and O–H groups in total. The number of ether oxygens (including phenoxy) is 1. The van der Waals surface area contributed by atoms with Crippen molar-refractivity contribution in [3.63, 3.8) is 0 Å². The van der Waals surface area contributed by atoms with Crippen molar-refractivity contribution < 1.29 is 9.26 Å². The minimum Gasteiger partial charge on any atom is -0.491 e. The Morgan fingerprint density at radius 2 is 2.00 bits per heavy atom. The third kappa shape index (κ3) is 4.38. The lowest BCUT2D eigenvalue weighted by Gasteiger charge is -2.28. The quantitative estimate of drug-likeness (QED) is 0.783. The van der Waals surface area contributed by atoms with E-state index >= 15 is 0 Å². The highest BCUT2D eigenvalue weighted by Crippen LogP contribution is 2.31. The number of aryl methyl sites for hydroxylation is 1. The van der Waals surface area contributed by atoms with E-state index in [1.54, 1.807) is 0 Å². The number of aromatic nitrogens is 1. The van der Waals surface area contributed by atoms with Crippen LogP contribution in [0.2, 0.25) is 0 Å². The molecule has 1 aromatic heterocycles. The maximum atomic E-state index is 5.74. The van der Waals surface area contributed by atoms with Crippen LogP contribution >= 0.6 is 0 Å². The van der Waals surface area contributed by atoms with E-state index in [0.29, 0.717) is 6.04 Å². The van der Waals surface area contributed by atoms with E-state index in [-0.39, 0.29) is 6.10 Å². The van der Waals surface area contributed by atoms with Crippen LogP contribution in [0.25, 0.3) is 0 Å². The number of likely N-dealkylation sites (tertiary alicyclic amines) is 1. The summed E-state index contributed by atoms with van der Waals surface area (Å²) in [5.41, 5.74) is 2.40. The molecule has 1 fully saturated rings. The molecule has 0 amide bonds. The van der Waals surface area contributed by atoms with Crippen molar-refractivity contribution >= 4 is 0 Å². The Hall–Kier alpha value is -1.81. The predicted molar refractivity (Wildman–Crippen MR) is 95.1 cm³/mol. The van der Waals surface area contributed by atoms with E-state index in [1.807, 2.05) is 6.92 Å². The fourth-order valence-corrected chi connectivity index (χ4v) is 3.41. The molecule has 0 aliphatic carbocycles. The molecule has 2 aromatic rings. The van der Waals surface area contributed by atoms with Crippen molar-refractivity contribution in [1.82, 2.24) is 10.1 Å². The molecule has 2 heterocycles. The topological polar surface area (TPSA) is 38.5 Å². The van der Waals surface area contributed by atoms with Gasteiger partial charge < -0.3 is 9.26 Å². The molecule has 0 radical (unpaired) electrons. The summed E-state index contributed by atoms with van der Waals surface area (Å²) < 4.78 is 11.1. The lowest BCUT2D eigenvalue weighted by atomic mass is 10.1. The molecule has 24 heavy (non-hydrogen) atoms. The Labute approximate surface area is 144 Å². The zero-order chi connectivity index (χ0) is 16.9. The molecule has 1 aliphatic rings. The van der Waals surface area contributed by atoms with E-state index in [0.717, 1.165) is 36.7 Å². The van der Waals surface area contributed by atoms with Crippen molar-refractivity contribution in [2.45, 2.75) is 65.1 Å². The van der Waals surface area contributed by atoms with Crippen molar-refractivity contribution in [3.05, 3.63) is 47.3 Å². The highest BCUT2D eigenvalue weighted by Gasteiger charge is 2.25. The van der Waals surface area contributed by atoms with E-state index < -0.39 is 0 Å². The van der Waals surface area contributed by atoms with Crippen molar-refractivity contribution in [2.75, 3.05) is 6.54 Å². The van der Waals surface area contributed by atoms with Gasteiger partial charge in [-0.25, -0.2) is 0 Å². The highest BCUT2D eigenvalue weighted by molar-refractivity contribution is 5.27. The summed E-state index contributed by atoms with van der Waals surface area (Å²) in [6, 6.07) is 10.9. The Morgan fingerprint density at radius 1 is 1.21 bits per heavy atom. The van der Waals surface area contributed by atoms with Crippen LogP contribution in [0.15, 0.2) is 34.9 Å². The van der Waals surface area contributed by atoms with E-state index in [2.05, 4.69) is 54.2 Å². The van der Waals surface area contributed by atoms with Gasteiger partial charge in [0.1, 0.15) is 17.2 Å². The third-order valence-electron chi connectivity index (χ3n) is 4.53. The maximum Gasteiger partial charge on any atom is 0.133 e. The minimum atomic E-state index is 0.209. The summed E-state index contributed by atoms with van der Waals surface area (Å²) in [6.07, 6.45) is 5.17. The first-order valence-electron chi connectivity index (χ1n) is 9.04. The van der Waals surface area contributed by atoms with E-state index in [9.17, 15) is 0 Å². The third-order valence-corrected chi connectivity index (χ3v) is 4.53. The SMILES string of the molecule is Cc1cc(C2CCCCCN2Cc2ccc(OC(C)C)cc2)no1. The van der Waals surface area contributed by atoms with Gasteiger partial charge in [-0.05, 0) is 57.9 Å². The number of benzene rings is 1. The predicted octanol–water partition coefficient (Wildman–Crippen LogP) is 4.89. The molecule has 1 aromatic carbocycles. The monoisotopic (exact) mass is 328 g/mol. The van der Waals surface area contributed by atoms with Crippen LogP contribution in [0.1, 0.15) is 62.6 Å². The number of hydrogen-bond donors (Lipinski definition) is 0. The number of nitrogens with zero attached hydrogens (tertiary/aromatic N) is 2. The first-order valence-corrected chi connectivity index (χ1v) is 9.04. The molecule has 1 unspecified atom stereocenters. The molecular formula is C20H28N2O2. The first-order chi connectivity index (χ1) is 11.6. The summed E-state index contributed by atoms with van der Waals surface area (Å²) >= 11 is 0. The smallest absolute Gasteiger partial charge is 0.133 e.